The maximum atomic E-state index is 11.6. The fraction of sp³-hybridized carbons (Fsp3) is 0.929. The molecule has 0 aromatic rings. The summed E-state index contributed by atoms with van der Waals surface area (Å²) in [5.41, 5.74) is 0. The van der Waals surface area contributed by atoms with Crippen LogP contribution in [-0.2, 0) is 14.3 Å². The number of esters is 1. The Hall–Kier alpha value is -0.650. The fourth-order valence-corrected chi connectivity index (χ4v) is 2.73. The van der Waals surface area contributed by atoms with Crippen molar-refractivity contribution in [2.45, 2.75) is 32.2 Å². The van der Waals surface area contributed by atoms with Crippen molar-refractivity contribution >= 4 is 5.97 Å². The summed E-state index contributed by atoms with van der Waals surface area (Å²) in [5.74, 6) is 0.474. The Morgan fingerprint density at radius 1 is 1.47 bits per heavy atom. The number of ether oxygens (including phenoxy) is 2. The highest BCUT2D eigenvalue weighted by molar-refractivity contribution is 5.75. The van der Waals surface area contributed by atoms with E-state index in [9.17, 15) is 4.79 Å². The second kappa shape index (κ2) is 9.28. The van der Waals surface area contributed by atoms with Gasteiger partial charge in [-0.25, -0.2) is 0 Å². The van der Waals surface area contributed by atoms with Crippen LogP contribution in [0.25, 0.3) is 0 Å². The van der Waals surface area contributed by atoms with Crippen LogP contribution >= 0.6 is 0 Å². The number of methoxy groups -OCH3 is 2. The smallest absolute Gasteiger partial charge is 0.322 e. The number of carbonyl (C=O) groups excluding carboxylic acids is 1. The average Bonchev–Trinajstić information content (AvgIpc) is 2.43. The van der Waals surface area contributed by atoms with Gasteiger partial charge in [-0.2, -0.15) is 0 Å². The molecule has 1 heterocycles. The lowest BCUT2D eigenvalue weighted by Crippen LogP contribution is -2.43. The lowest BCUT2D eigenvalue weighted by molar-refractivity contribution is -0.143. The first-order chi connectivity index (χ1) is 9.21. The zero-order chi connectivity index (χ0) is 14.1. The van der Waals surface area contributed by atoms with Crippen LogP contribution in [-0.4, -0.2) is 63.9 Å². The average molecular weight is 272 g/mol. The van der Waals surface area contributed by atoms with E-state index in [0.29, 0.717) is 5.92 Å². The molecule has 2 unspecified atom stereocenters. The molecule has 1 aliphatic heterocycles. The van der Waals surface area contributed by atoms with Gasteiger partial charge >= 0.3 is 5.97 Å². The molecule has 1 N–H and O–H groups in total. The van der Waals surface area contributed by atoms with Crippen molar-refractivity contribution in [3.8, 4) is 0 Å². The van der Waals surface area contributed by atoms with Crippen LogP contribution in [0.15, 0.2) is 0 Å². The van der Waals surface area contributed by atoms with E-state index in [-0.39, 0.29) is 12.0 Å². The Balaban J connectivity index is 2.34. The lowest BCUT2D eigenvalue weighted by Gasteiger charge is -2.33. The summed E-state index contributed by atoms with van der Waals surface area (Å²) in [6, 6.07) is -0.183. The zero-order valence-corrected chi connectivity index (χ0v) is 12.5. The van der Waals surface area contributed by atoms with Crippen LogP contribution in [0, 0.1) is 5.92 Å². The minimum Gasteiger partial charge on any atom is -0.468 e. The van der Waals surface area contributed by atoms with Crippen LogP contribution in [0.4, 0.5) is 0 Å². The Bertz CT molecular complexity index is 259. The second-order valence-electron chi connectivity index (χ2n) is 5.19. The van der Waals surface area contributed by atoms with Gasteiger partial charge in [0.1, 0.15) is 6.04 Å². The highest BCUT2D eigenvalue weighted by Crippen LogP contribution is 2.17. The molecule has 0 spiro atoms. The summed E-state index contributed by atoms with van der Waals surface area (Å²) in [7, 11) is 3.21. The second-order valence-corrected chi connectivity index (χ2v) is 5.19. The monoisotopic (exact) mass is 272 g/mol. The Kier molecular flexibility index (Phi) is 8.02. The molecule has 112 valence electrons. The van der Waals surface area contributed by atoms with E-state index in [2.05, 4.69) is 10.2 Å². The zero-order valence-electron chi connectivity index (χ0n) is 12.5. The quantitative estimate of drug-likeness (QED) is 0.665. The molecule has 1 rings (SSSR count). The normalized spacial score (nSPS) is 22.2. The summed E-state index contributed by atoms with van der Waals surface area (Å²) in [6.07, 6.45) is 3.27. The van der Waals surface area contributed by atoms with Crippen molar-refractivity contribution in [1.29, 1.82) is 0 Å². The van der Waals surface area contributed by atoms with E-state index in [1.807, 2.05) is 6.92 Å². The maximum Gasteiger partial charge on any atom is 0.322 e. The van der Waals surface area contributed by atoms with Gasteiger partial charge in [0.25, 0.3) is 0 Å². The van der Waals surface area contributed by atoms with E-state index >= 15 is 0 Å². The summed E-state index contributed by atoms with van der Waals surface area (Å²) < 4.78 is 10.1. The van der Waals surface area contributed by atoms with Gasteiger partial charge in [0.2, 0.25) is 0 Å². The topological polar surface area (TPSA) is 50.8 Å². The molecule has 0 aromatic heterocycles. The van der Waals surface area contributed by atoms with Crippen molar-refractivity contribution in [2.75, 3.05) is 47.0 Å². The van der Waals surface area contributed by atoms with Crippen molar-refractivity contribution in [2.24, 2.45) is 5.92 Å². The van der Waals surface area contributed by atoms with Crippen molar-refractivity contribution in [3.63, 3.8) is 0 Å². The van der Waals surface area contributed by atoms with E-state index in [1.54, 1.807) is 7.11 Å². The van der Waals surface area contributed by atoms with Crippen molar-refractivity contribution < 1.29 is 14.3 Å². The number of hydrogen-bond acceptors (Lipinski definition) is 5. The fourth-order valence-electron chi connectivity index (χ4n) is 2.73. The van der Waals surface area contributed by atoms with E-state index < -0.39 is 0 Å². The highest BCUT2D eigenvalue weighted by Gasteiger charge is 2.23. The molecule has 0 amide bonds. The molecule has 0 radical (unpaired) electrons. The first-order valence-corrected chi connectivity index (χ1v) is 7.23. The number of nitrogens with one attached hydrogen (secondary N) is 1. The van der Waals surface area contributed by atoms with Gasteiger partial charge in [-0.05, 0) is 38.3 Å². The van der Waals surface area contributed by atoms with E-state index in [4.69, 9.17) is 9.47 Å². The minimum atomic E-state index is -0.183. The molecule has 0 saturated carbocycles. The Labute approximate surface area is 116 Å². The third kappa shape index (κ3) is 5.89. The molecule has 1 saturated heterocycles. The molecule has 19 heavy (non-hydrogen) atoms. The summed E-state index contributed by atoms with van der Waals surface area (Å²) in [5, 5.41) is 3.18. The van der Waals surface area contributed by atoms with Crippen molar-refractivity contribution in [3.05, 3.63) is 0 Å². The van der Waals surface area contributed by atoms with Gasteiger partial charge in [0.15, 0.2) is 0 Å². The number of likely N-dealkylation sites (tertiary alicyclic amines) is 1. The van der Waals surface area contributed by atoms with Gasteiger partial charge in [-0.3, -0.25) is 4.79 Å². The number of nitrogens with zero attached hydrogens (tertiary/aromatic N) is 1. The van der Waals surface area contributed by atoms with Gasteiger partial charge < -0.3 is 19.7 Å². The third-order valence-electron chi connectivity index (χ3n) is 3.68. The molecule has 0 aliphatic carbocycles. The number of piperidine rings is 1. The summed E-state index contributed by atoms with van der Waals surface area (Å²) >= 11 is 0. The number of hydrogen-bond donors (Lipinski definition) is 1. The minimum absolute atomic E-state index is 0.160. The molecule has 0 bridgehead atoms. The van der Waals surface area contributed by atoms with Gasteiger partial charge in [0, 0.05) is 20.2 Å². The first-order valence-electron chi connectivity index (χ1n) is 7.23. The summed E-state index contributed by atoms with van der Waals surface area (Å²) in [4.78, 5) is 14.0. The SMILES string of the molecule is CCNC(CCN1CCCC(COC)C1)C(=O)OC. The Morgan fingerprint density at radius 2 is 2.26 bits per heavy atom. The standard InChI is InChI=1S/C14H28N2O3/c1-4-15-13(14(17)19-3)7-9-16-8-5-6-12(10-16)11-18-2/h12-13,15H,4-11H2,1-3H3. The molecule has 2 atom stereocenters. The third-order valence-corrected chi connectivity index (χ3v) is 3.68. The largest absolute Gasteiger partial charge is 0.468 e. The van der Waals surface area contributed by atoms with Crippen LogP contribution in [0.3, 0.4) is 0 Å². The number of likely N-dealkylation sites (N-methyl/N-ethyl adjacent to an activating group) is 1. The van der Waals surface area contributed by atoms with Gasteiger partial charge in [-0.15, -0.1) is 0 Å². The number of carbonyl (C=O) groups is 1. The van der Waals surface area contributed by atoms with Crippen molar-refractivity contribution in [1.82, 2.24) is 10.2 Å². The van der Waals surface area contributed by atoms with Crippen LogP contribution in [0.1, 0.15) is 26.2 Å². The summed E-state index contributed by atoms with van der Waals surface area (Å²) in [6.45, 7) is 6.77. The van der Waals surface area contributed by atoms with E-state index in [0.717, 1.165) is 39.2 Å². The first kappa shape index (κ1) is 16.4. The van der Waals surface area contributed by atoms with Crippen LogP contribution in [0.2, 0.25) is 0 Å². The molecular formula is C14H28N2O3. The Morgan fingerprint density at radius 3 is 2.89 bits per heavy atom. The molecule has 0 aromatic carbocycles. The predicted octanol–water partition coefficient (Wildman–Crippen LogP) is 0.886. The molecule has 1 aliphatic rings. The van der Waals surface area contributed by atoms with Gasteiger partial charge in [0.05, 0.1) is 13.7 Å². The van der Waals surface area contributed by atoms with Gasteiger partial charge in [-0.1, -0.05) is 6.92 Å². The molecule has 5 nitrogen and oxygen atoms in total. The molecule has 5 heteroatoms. The molecular weight excluding hydrogens is 244 g/mol. The number of rotatable bonds is 8. The lowest BCUT2D eigenvalue weighted by atomic mass is 9.98. The molecule has 1 fully saturated rings. The maximum absolute atomic E-state index is 11.6. The van der Waals surface area contributed by atoms with Crippen LogP contribution < -0.4 is 5.32 Å². The predicted molar refractivity (Wildman–Crippen MR) is 75.1 cm³/mol. The highest BCUT2D eigenvalue weighted by atomic mass is 16.5. The van der Waals surface area contributed by atoms with Crippen LogP contribution in [0.5, 0.6) is 0 Å². The van der Waals surface area contributed by atoms with E-state index in [1.165, 1.54) is 20.0 Å².